The van der Waals surface area contributed by atoms with Gasteiger partial charge in [-0.1, -0.05) is 18.2 Å². The zero-order valence-corrected chi connectivity index (χ0v) is 19.2. The molecule has 1 N–H and O–H groups in total. The molecule has 1 spiro atoms. The van der Waals surface area contributed by atoms with E-state index in [2.05, 4.69) is 32.5 Å². The summed E-state index contributed by atoms with van der Waals surface area (Å²) in [5, 5.41) is 13.4. The molecule has 2 aromatic carbocycles. The van der Waals surface area contributed by atoms with Crippen LogP contribution in [-0.4, -0.2) is 48.7 Å². The third kappa shape index (κ3) is 4.30. The maximum atomic E-state index is 13.4. The number of anilines is 2. The number of benzene rings is 2. The van der Waals surface area contributed by atoms with Crippen LogP contribution in [-0.2, 0) is 15.7 Å². The number of aromatic nitrogens is 2. The van der Waals surface area contributed by atoms with Crippen molar-refractivity contribution < 1.29 is 22.6 Å². The van der Waals surface area contributed by atoms with Gasteiger partial charge in [0.25, 0.3) is 0 Å². The zero-order valence-electron chi connectivity index (χ0n) is 19.2. The van der Waals surface area contributed by atoms with Crippen molar-refractivity contribution in [1.82, 2.24) is 10.2 Å². The summed E-state index contributed by atoms with van der Waals surface area (Å²) in [7, 11) is 0. The maximum absolute atomic E-state index is 13.4. The van der Waals surface area contributed by atoms with E-state index in [4.69, 9.17) is 9.47 Å². The van der Waals surface area contributed by atoms with Crippen molar-refractivity contribution in [2.24, 2.45) is 0 Å². The molecule has 1 aromatic heterocycles. The minimum atomic E-state index is -4.39. The molecule has 0 saturated carbocycles. The van der Waals surface area contributed by atoms with Gasteiger partial charge in [0.1, 0.15) is 5.60 Å². The summed E-state index contributed by atoms with van der Waals surface area (Å²) in [4.78, 5) is 2.29. The smallest absolute Gasteiger partial charge is 0.378 e. The second-order valence-electron chi connectivity index (χ2n) is 9.10. The Morgan fingerprint density at radius 3 is 2.79 bits per heavy atom. The maximum Gasteiger partial charge on any atom is 0.416 e. The van der Waals surface area contributed by atoms with E-state index >= 15 is 0 Å². The fourth-order valence-corrected chi connectivity index (χ4v) is 4.97. The fraction of sp³-hybridized carbons (Fsp3) is 0.440. The Balaban J connectivity index is 1.44. The first-order valence-electron chi connectivity index (χ1n) is 11.4. The van der Waals surface area contributed by atoms with Gasteiger partial charge in [-0.25, -0.2) is 0 Å². The minimum Gasteiger partial charge on any atom is -0.378 e. The van der Waals surface area contributed by atoms with Crippen molar-refractivity contribution in [1.29, 1.82) is 0 Å². The summed E-state index contributed by atoms with van der Waals surface area (Å²) in [6, 6.07) is 9.99. The highest BCUT2D eigenvalue weighted by molar-refractivity contribution is 5.93. The van der Waals surface area contributed by atoms with Crippen molar-refractivity contribution in [3.8, 4) is 0 Å². The summed E-state index contributed by atoms with van der Waals surface area (Å²) in [6.07, 6.45) is -1.83. The topological polar surface area (TPSA) is 59.5 Å². The molecule has 2 aliphatic heterocycles. The van der Waals surface area contributed by atoms with Crippen molar-refractivity contribution in [2.75, 3.05) is 43.1 Å². The van der Waals surface area contributed by atoms with E-state index in [9.17, 15) is 13.2 Å². The van der Waals surface area contributed by atoms with Crippen LogP contribution in [0.5, 0.6) is 0 Å². The molecule has 9 heteroatoms. The van der Waals surface area contributed by atoms with Crippen LogP contribution >= 0.6 is 0 Å². The average Bonchev–Trinajstić information content (AvgIpc) is 3.25. The lowest BCUT2D eigenvalue weighted by molar-refractivity contribution is -0.138. The summed E-state index contributed by atoms with van der Waals surface area (Å²) in [5.74, 6) is 0.538. The Labute approximate surface area is 196 Å². The molecular weight excluding hydrogens is 445 g/mol. The number of ether oxygens (including phenoxy) is 2. The number of morpholine rings is 1. The second kappa shape index (κ2) is 8.70. The lowest BCUT2D eigenvalue weighted by Crippen LogP contribution is -2.52. The third-order valence-electron chi connectivity index (χ3n) is 6.83. The summed E-state index contributed by atoms with van der Waals surface area (Å²) < 4.78 is 51.8. The van der Waals surface area contributed by atoms with Crippen LogP contribution in [0, 0.1) is 6.92 Å². The first-order chi connectivity index (χ1) is 16.3. The third-order valence-corrected chi connectivity index (χ3v) is 6.83. The number of hydrogen-bond acceptors (Lipinski definition) is 6. The molecule has 5 rings (SSSR count). The summed E-state index contributed by atoms with van der Waals surface area (Å²) >= 11 is 0. The summed E-state index contributed by atoms with van der Waals surface area (Å²) in [5.41, 5.74) is 0.936. The molecule has 34 heavy (non-hydrogen) atoms. The molecule has 2 atom stereocenters. The van der Waals surface area contributed by atoms with Crippen LogP contribution in [0.2, 0.25) is 0 Å². The van der Waals surface area contributed by atoms with E-state index in [1.165, 1.54) is 13.0 Å². The normalized spacial score (nSPS) is 21.9. The van der Waals surface area contributed by atoms with E-state index < -0.39 is 17.8 Å². The lowest BCUT2D eigenvalue weighted by Gasteiger charge is -2.40. The quantitative estimate of drug-likeness (QED) is 0.569. The van der Waals surface area contributed by atoms with Crippen LogP contribution < -0.4 is 10.2 Å². The molecule has 180 valence electrons. The van der Waals surface area contributed by atoms with E-state index in [1.54, 1.807) is 12.3 Å². The molecule has 2 aliphatic rings. The highest BCUT2D eigenvalue weighted by Crippen LogP contribution is 2.36. The van der Waals surface area contributed by atoms with Gasteiger partial charge in [-0.3, -0.25) is 0 Å². The number of nitrogens with zero attached hydrogens (tertiary/aromatic N) is 3. The highest BCUT2D eigenvalue weighted by Gasteiger charge is 2.40. The Kier molecular flexibility index (Phi) is 5.85. The number of alkyl halides is 3. The zero-order chi connectivity index (χ0) is 23.9. The van der Waals surface area contributed by atoms with Crippen LogP contribution in [0.3, 0.4) is 0 Å². The van der Waals surface area contributed by atoms with Crippen LogP contribution in [0.4, 0.5) is 24.7 Å². The number of fused-ring (bicyclic) bond motifs is 1. The van der Waals surface area contributed by atoms with E-state index in [0.717, 1.165) is 42.0 Å². The molecule has 2 saturated heterocycles. The molecule has 2 unspecified atom stereocenters. The SMILES string of the molecule is Cc1c(C(C)Nc2nncc3ccc(N4CCOC5(CCOC5)C4)cc23)cccc1C(F)(F)F. The van der Waals surface area contributed by atoms with Gasteiger partial charge in [-0.15, -0.1) is 5.10 Å². The minimum absolute atomic E-state index is 0.210. The van der Waals surface area contributed by atoms with Crippen LogP contribution in [0.15, 0.2) is 42.6 Å². The number of rotatable bonds is 4. The molecule has 3 aromatic rings. The highest BCUT2D eigenvalue weighted by atomic mass is 19.4. The van der Waals surface area contributed by atoms with E-state index in [-0.39, 0.29) is 11.2 Å². The van der Waals surface area contributed by atoms with Crippen molar-refractivity contribution >= 4 is 22.3 Å². The van der Waals surface area contributed by atoms with Crippen molar-refractivity contribution in [3.63, 3.8) is 0 Å². The Morgan fingerprint density at radius 2 is 2.03 bits per heavy atom. The number of nitrogens with one attached hydrogen (secondary N) is 1. The van der Waals surface area contributed by atoms with Gasteiger partial charge in [0.05, 0.1) is 31.0 Å². The van der Waals surface area contributed by atoms with Crippen molar-refractivity contribution in [2.45, 2.75) is 38.1 Å². The first kappa shape index (κ1) is 22.9. The molecular formula is C25H27F3N4O2. The number of hydrogen-bond donors (Lipinski definition) is 1. The van der Waals surface area contributed by atoms with E-state index in [1.807, 2.05) is 13.0 Å². The average molecular weight is 473 g/mol. The second-order valence-corrected chi connectivity index (χ2v) is 9.10. The van der Waals surface area contributed by atoms with Gasteiger partial charge in [-0.2, -0.15) is 18.3 Å². The van der Waals surface area contributed by atoms with Gasteiger partial charge in [-0.05, 0) is 43.2 Å². The van der Waals surface area contributed by atoms with Gasteiger partial charge < -0.3 is 19.7 Å². The van der Waals surface area contributed by atoms with Crippen LogP contribution in [0.1, 0.15) is 36.1 Å². The molecule has 0 bridgehead atoms. The summed E-state index contributed by atoms with van der Waals surface area (Å²) in [6.45, 7) is 6.80. The standard InChI is InChI=1S/C25H27F3N4O2/c1-16-20(4-3-5-22(16)25(26,27)28)17(2)30-23-21-12-19(7-6-18(21)13-29-31-23)32-9-11-34-24(14-32)8-10-33-15-24/h3-7,12-13,17H,8-11,14-15H2,1-2H3,(H,30,31). The molecule has 0 aliphatic carbocycles. The predicted octanol–water partition coefficient (Wildman–Crippen LogP) is 5.13. The predicted molar refractivity (Wildman–Crippen MR) is 124 cm³/mol. The monoisotopic (exact) mass is 472 g/mol. The van der Waals surface area contributed by atoms with Crippen LogP contribution in [0.25, 0.3) is 10.8 Å². The van der Waals surface area contributed by atoms with Gasteiger partial charge in [0, 0.05) is 42.6 Å². The Bertz CT molecular complexity index is 1190. The molecule has 0 amide bonds. The number of halogens is 3. The molecule has 6 nitrogen and oxygen atoms in total. The molecule has 2 fully saturated rings. The van der Waals surface area contributed by atoms with Gasteiger partial charge in [0.2, 0.25) is 0 Å². The fourth-order valence-electron chi connectivity index (χ4n) is 4.97. The lowest BCUT2D eigenvalue weighted by atomic mass is 9.97. The largest absolute Gasteiger partial charge is 0.416 e. The van der Waals surface area contributed by atoms with Crippen molar-refractivity contribution in [3.05, 3.63) is 59.3 Å². The Morgan fingerprint density at radius 1 is 1.18 bits per heavy atom. The van der Waals surface area contributed by atoms with Gasteiger partial charge >= 0.3 is 6.18 Å². The molecule has 0 radical (unpaired) electrons. The first-order valence-corrected chi connectivity index (χ1v) is 11.4. The molecule has 3 heterocycles. The Hall–Kier alpha value is -2.91. The van der Waals surface area contributed by atoms with E-state index in [0.29, 0.717) is 31.2 Å². The van der Waals surface area contributed by atoms with Gasteiger partial charge in [0.15, 0.2) is 5.82 Å².